The van der Waals surface area contributed by atoms with Crippen LogP contribution in [0.5, 0.6) is 0 Å². The number of nitrogens with zero attached hydrogens (tertiary/aromatic N) is 2. The fraction of sp³-hybridized carbons (Fsp3) is 0.700. The fourth-order valence-electron chi connectivity index (χ4n) is 2.02. The zero-order chi connectivity index (χ0) is 9.97. The highest BCUT2D eigenvalue weighted by Crippen LogP contribution is 2.15. The molecule has 1 N–H and O–H groups in total. The number of imidazole rings is 1. The van der Waals surface area contributed by atoms with E-state index < -0.39 is 0 Å². The zero-order valence-corrected chi connectivity index (χ0v) is 8.52. The topological polar surface area (TPSA) is 29.9 Å². The summed E-state index contributed by atoms with van der Waals surface area (Å²) in [5, 5.41) is 3.29. The summed E-state index contributed by atoms with van der Waals surface area (Å²) < 4.78 is 14.3. The number of halogens is 1. The van der Waals surface area contributed by atoms with Crippen LogP contribution in [0.3, 0.4) is 0 Å². The summed E-state index contributed by atoms with van der Waals surface area (Å²) in [5.41, 5.74) is 2.45. The van der Waals surface area contributed by atoms with Crippen LogP contribution in [-0.4, -0.2) is 22.8 Å². The highest BCUT2D eigenvalue weighted by Gasteiger charge is 2.16. The predicted octanol–water partition coefficient (Wildman–Crippen LogP) is 1.20. The van der Waals surface area contributed by atoms with Crippen molar-refractivity contribution < 1.29 is 4.39 Å². The number of hydrogen-bond donors (Lipinski definition) is 1. The van der Waals surface area contributed by atoms with E-state index in [0.717, 1.165) is 37.6 Å². The van der Waals surface area contributed by atoms with Crippen LogP contribution in [0, 0.1) is 6.92 Å². The van der Waals surface area contributed by atoms with Crippen LogP contribution in [0.1, 0.15) is 23.6 Å². The molecule has 0 bridgehead atoms. The van der Waals surface area contributed by atoms with Gasteiger partial charge in [0.1, 0.15) is 5.82 Å². The Morgan fingerprint density at radius 3 is 3.21 bits per heavy atom. The molecular formula is C10H16FN3. The van der Waals surface area contributed by atoms with Crippen molar-refractivity contribution in [1.29, 1.82) is 0 Å². The Balaban J connectivity index is 2.24. The molecule has 0 fully saturated rings. The van der Waals surface area contributed by atoms with Gasteiger partial charge in [0.2, 0.25) is 0 Å². The van der Waals surface area contributed by atoms with E-state index in [-0.39, 0.29) is 6.67 Å². The van der Waals surface area contributed by atoms with Crippen molar-refractivity contribution in [3.8, 4) is 0 Å². The molecule has 0 aromatic carbocycles. The second-order valence-electron chi connectivity index (χ2n) is 3.67. The largest absolute Gasteiger partial charge is 0.332 e. The summed E-state index contributed by atoms with van der Waals surface area (Å²) in [6.45, 7) is 4.39. The molecular weight excluding hydrogens is 181 g/mol. The number of nitrogens with one attached hydrogen (secondary N) is 1. The van der Waals surface area contributed by atoms with E-state index in [1.54, 1.807) is 0 Å². The first-order valence-electron chi connectivity index (χ1n) is 5.14. The third-order valence-corrected chi connectivity index (χ3v) is 2.69. The van der Waals surface area contributed by atoms with Crippen molar-refractivity contribution in [2.75, 3.05) is 13.2 Å². The SMILES string of the molecule is Cc1nc2c(n1CCCF)CCNC2. The van der Waals surface area contributed by atoms with Gasteiger partial charge in [-0.25, -0.2) is 4.98 Å². The van der Waals surface area contributed by atoms with Crippen LogP contribution in [0.15, 0.2) is 0 Å². The maximum absolute atomic E-state index is 12.1. The molecule has 78 valence electrons. The lowest BCUT2D eigenvalue weighted by molar-refractivity contribution is 0.439. The van der Waals surface area contributed by atoms with Gasteiger partial charge in [0.25, 0.3) is 0 Å². The average Bonchev–Trinajstić information content (AvgIpc) is 2.51. The molecule has 1 aromatic heterocycles. The molecule has 0 spiro atoms. The van der Waals surface area contributed by atoms with E-state index in [4.69, 9.17) is 0 Å². The first-order chi connectivity index (χ1) is 6.83. The molecule has 0 atom stereocenters. The lowest BCUT2D eigenvalue weighted by Crippen LogP contribution is -2.25. The van der Waals surface area contributed by atoms with E-state index >= 15 is 0 Å². The third kappa shape index (κ3) is 1.66. The van der Waals surface area contributed by atoms with Gasteiger partial charge in [0.15, 0.2) is 0 Å². The highest BCUT2D eigenvalue weighted by molar-refractivity contribution is 5.19. The van der Waals surface area contributed by atoms with Gasteiger partial charge in [-0.3, -0.25) is 4.39 Å². The average molecular weight is 197 g/mol. The number of aromatic nitrogens is 2. The maximum atomic E-state index is 12.1. The predicted molar refractivity (Wildman–Crippen MR) is 53.0 cm³/mol. The normalized spacial score (nSPS) is 15.6. The van der Waals surface area contributed by atoms with Crippen molar-refractivity contribution in [2.24, 2.45) is 0 Å². The van der Waals surface area contributed by atoms with Gasteiger partial charge >= 0.3 is 0 Å². The smallest absolute Gasteiger partial charge is 0.106 e. The van der Waals surface area contributed by atoms with Gasteiger partial charge in [0.05, 0.1) is 12.4 Å². The number of rotatable bonds is 3. The second-order valence-corrected chi connectivity index (χ2v) is 3.67. The van der Waals surface area contributed by atoms with Crippen LogP contribution in [0.4, 0.5) is 4.39 Å². The number of fused-ring (bicyclic) bond motifs is 1. The van der Waals surface area contributed by atoms with Crippen molar-refractivity contribution in [2.45, 2.75) is 32.9 Å². The molecule has 1 aliphatic heterocycles. The van der Waals surface area contributed by atoms with Crippen molar-refractivity contribution in [3.05, 3.63) is 17.2 Å². The summed E-state index contributed by atoms with van der Waals surface area (Å²) in [5.74, 6) is 1.02. The Morgan fingerprint density at radius 2 is 2.43 bits per heavy atom. The summed E-state index contributed by atoms with van der Waals surface area (Å²) >= 11 is 0. The monoisotopic (exact) mass is 197 g/mol. The van der Waals surface area contributed by atoms with Gasteiger partial charge in [0, 0.05) is 31.7 Å². The highest BCUT2D eigenvalue weighted by atomic mass is 19.1. The minimum Gasteiger partial charge on any atom is -0.332 e. The Morgan fingerprint density at radius 1 is 1.57 bits per heavy atom. The summed E-state index contributed by atoms with van der Waals surface area (Å²) in [7, 11) is 0. The lowest BCUT2D eigenvalue weighted by Gasteiger charge is -2.15. The van der Waals surface area contributed by atoms with E-state index in [0.29, 0.717) is 6.42 Å². The third-order valence-electron chi connectivity index (χ3n) is 2.69. The molecule has 0 aliphatic carbocycles. The zero-order valence-electron chi connectivity index (χ0n) is 8.52. The molecule has 0 unspecified atom stereocenters. The first-order valence-corrected chi connectivity index (χ1v) is 5.14. The van der Waals surface area contributed by atoms with Crippen molar-refractivity contribution in [3.63, 3.8) is 0 Å². The molecule has 4 heteroatoms. The number of aryl methyl sites for hydroxylation is 1. The molecule has 0 saturated carbocycles. The van der Waals surface area contributed by atoms with Gasteiger partial charge in [-0.2, -0.15) is 0 Å². The molecule has 3 nitrogen and oxygen atoms in total. The van der Waals surface area contributed by atoms with Crippen molar-refractivity contribution >= 4 is 0 Å². The quantitative estimate of drug-likeness (QED) is 0.789. The molecule has 0 radical (unpaired) electrons. The standard InChI is InChI=1S/C10H16FN3/c1-8-13-9-7-12-5-3-10(9)14(8)6-2-4-11/h12H,2-7H2,1H3. The van der Waals surface area contributed by atoms with E-state index in [9.17, 15) is 4.39 Å². The maximum Gasteiger partial charge on any atom is 0.106 e. The molecule has 1 aliphatic rings. The van der Waals surface area contributed by atoms with Gasteiger partial charge in [-0.15, -0.1) is 0 Å². The lowest BCUT2D eigenvalue weighted by atomic mass is 10.2. The molecule has 1 aromatic rings. The molecule has 2 rings (SSSR count). The van der Waals surface area contributed by atoms with Gasteiger partial charge in [-0.1, -0.05) is 0 Å². The van der Waals surface area contributed by atoms with Crippen LogP contribution < -0.4 is 5.32 Å². The Hall–Kier alpha value is -0.900. The minimum atomic E-state index is -0.245. The summed E-state index contributed by atoms with van der Waals surface area (Å²) in [4.78, 5) is 4.48. The van der Waals surface area contributed by atoms with Crippen LogP contribution in [0.2, 0.25) is 0 Å². The number of hydrogen-bond acceptors (Lipinski definition) is 2. The Bertz CT molecular complexity index is 319. The molecule has 0 amide bonds. The summed E-state index contributed by atoms with van der Waals surface area (Å²) in [6.07, 6.45) is 1.61. The first kappa shape index (κ1) is 9.65. The second kappa shape index (κ2) is 4.09. The summed E-state index contributed by atoms with van der Waals surface area (Å²) in [6, 6.07) is 0. The minimum absolute atomic E-state index is 0.245. The Kier molecular flexibility index (Phi) is 2.82. The van der Waals surface area contributed by atoms with Gasteiger partial charge < -0.3 is 9.88 Å². The fourth-order valence-corrected chi connectivity index (χ4v) is 2.02. The van der Waals surface area contributed by atoms with E-state index in [2.05, 4.69) is 14.9 Å². The Labute approximate surface area is 83.3 Å². The molecule has 14 heavy (non-hydrogen) atoms. The number of alkyl halides is 1. The van der Waals surface area contributed by atoms with E-state index in [1.165, 1.54) is 5.69 Å². The molecule has 2 heterocycles. The molecule has 0 saturated heterocycles. The van der Waals surface area contributed by atoms with Crippen LogP contribution in [0.25, 0.3) is 0 Å². The van der Waals surface area contributed by atoms with Crippen LogP contribution in [-0.2, 0) is 19.5 Å². The van der Waals surface area contributed by atoms with Gasteiger partial charge in [-0.05, 0) is 13.3 Å². The van der Waals surface area contributed by atoms with Crippen LogP contribution >= 0.6 is 0 Å². The van der Waals surface area contributed by atoms with E-state index in [1.807, 2.05) is 6.92 Å². The van der Waals surface area contributed by atoms with Crippen molar-refractivity contribution in [1.82, 2.24) is 14.9 Å².